The largest absolute Gasteiger partial charge is 0.489 e. The van der Waals surface area contributed by atoms with E-state index >= 15 is 0 Å². The molecule has 0 fully saturated rings. The number of hydrogen-bond donors (Lipinski definition) is 3. The summed E-state index contributed by atoms with van der Waals surface area (Å²) in [7, 11) is -2.73. The predicted octanol–water partition coefficient (Wildman–Crippen LogP) is 4.28. The van der Waals surface area contributed by atoms with Crippen LogP contribution in [0.1, 0.15) is 27.7 Å². The fourth-order valence-corrected chi connectivity index (χ4v) is 6.20. The molecule has 0 bridgehead atoms. The molecule has 2 aromatic heterocycles. The molecular formula is C25H29ClF3N5O7S2. The molecule has 0 radical (unpaired) electrons. The average molecular weight is 668 g/mol. The summed E-state index contributed by atoms with van der Waals surface area (Å²) in [6.07, 6.45) is 3.38. The molecule has 2 amide bonds. The average Bonchev–Trinajstić information content (AvgIpc) is 3.47. The second-order valence-corrected chi connectivity index (χ2v) is 12.5. The Labute approximate surface area is 254 Å². The van der Waals surface area contributed by atoms with Crippen molar-refractivity contribution in [2.45, 2.75) is 50.1 Å². The van der Waals surface area contributed by atoms with Gasteiger partial charge >= 0.3 is 12.3 Å². The highest BCUT2D eigenvalue weighted by atomic mass is 35.5. The van der Waals surface area contributed by atoms with E-state index in [9.17, 15) is 31.2 Å². The van der Waals surface area contributed by atoms with E-state index < -0.39 is 33.5 Å². The summed E-state index contributed by atoms with van der Waals surface area (Å²) in [6.45, 7) is 4.27. The SMILES string of the molecule is C#C.CC(C)(OC(=O)Nc1ccc2c(c1)N(S(=O)(=O)c1c(Cl)nc3sccn13)CCO2)C(F)(F)F.CNC(=O)C(C)(C)O. The minimum Gasteiger partial charge on any atom is -0.489 e. The first-order valence-electron chi connectivity index (χ1n) is 12.0. The molecule has 0 saturated carbocycles. The molecule has 236 valence electrons. The van der Waals surface area contributed by atoms with E-state index in [1.165, 1.54) is 61.0 Å². The van der Waals surface area contributed by atoms with Gasteiger partial charge in [0.2, 0.25) is 5.60 Å². The van der Waals surface area contributed by atoms with Crippen molar-refractivity contribution in [2.75, 3.05) is 29.8 Å². The van der Waals surface area contributed by atoms with Crippen LogP contribution in [-0.4, -0.2) is 72.5 Å². The first-order valence-corrected chi connectivity index (χ1v) is 14.7. The lowest BCUT2D eigenvalue weighted by atomic mass is 10.1. The third kappa shape index (κ3) is 8.02. The summed E-state index contributed by atoms with van der Waals surface area (Å²) in [5, 5.41) is 14.6. The van der Waals surface area contributed by atoms with E-state index in [0.29, 0.717) is 18.8 Å². The van der Waals surface area contributed by atoms with Gasteiger partial charge in [0.15, 0.2) is 15.1 Å². The Morgan fingerprint density at radius 3 is 2.37 bits per heavy atom. The third-order valence-electron chi connectivity index (χ3n) is 5.55. The van der Waals surface area contributed by atoms with Gasteiger partial charge < -0.3 is 19.9 Å². The molecule has 0 unspecified atom stereocenters. The predicted molar refractivity (Wildman–Crippen MR) is 155 cm³/mol. The van der Waals surface area contributed by atoms with Crippen LogP contribution in [0, 0.1) is 12.8 Å². The van der Waals surface area contributed by atoms with Crippen LogP contribution in [-0.2, 0) is 19.6 Å². The highest BCUT2D eigenvalue weighted by Crippen LogP contribution is 2.39. The zero-order valence-corrected chi connectivity index (χ0v) is 25.9. The van der Waals surface area contributed by atoms with Gasteiger partial charge in [-0.15, -0.1) is 24.2 Å². The van der Waals surface area contributed by atoms with Gasteiger partial charge in [-0.3, -0.25) is 18.8 Å². The molecule has 3 heterocycles. The molecule has 43 heavy (non-hydrogen) atoms. The molecule has 1 aliphatic rings. The lowest BCUT2D eigenvalue weighted by Gasteiger charge is -2.31. The third-order valence-corrected chi connectivity index (χ3v) is 8.52. The number of sulfonamides is 1. The second kappa shape index (κ2) is 13.3. The maximum absolute atomic E-state index is 13.5. The van der Waals surface area contributed by atoms with Gasteiger partial charge in [0.25, 0.3) is 15.9 Å². The number of fused-ring (bicyclic) bond motifs is 2. The summed E-state index contributed by atoms with van der Waals surface area (Å²) in [5.41, 5.74) is -3.90. The molecule has 12 nitrogen and oxygen atoms in total. The number of amides is 2. The molecule has 0 spiro atoms. The molecular weight excluding hydrogens is 639 g/mol. The number of benzene rings is 1. The maximum Gasteiger partial charge on any atom is 0.427 e. The Morgan fingerprint density at radius 1 is 1.21 bits per heavy atom. The van der Waals surface area contributed by atoms with Crippen LogP contribution >= 0.6 is 22.9 Å². The van der Waals surface area contributed by atoms with Crippen molar-refractivity contribution in [3.05, 3.63) is 34.9 Å². The highest BCUT2D eigenvalue weighted by molar-refractivity contribution is 7.92. The summed E-state index contributed by atoms with van der Waals surface area (Å²) in [5.74, 6) is -0.168. The van der Waals surface area contributed by atoms with Crippen molar-refractivity contribution >= 4 is 61.3 Å². The highest BCUT2D eigenvalue weighted by Gasteiger charge is 2.51. The lowest BCUT2D eigenvalue weighted by molar-refractivity contribution is -0.242. The second-order valence-electron chi connectivity index (χ2n) is 9.53. The molecule has 0 aliphatic carbocycles. The number of thiazole rings is 1. The molecule has 0 saturated heterocycles. The van der Waals surface area contributed by atoms with Gasteiger partial charge in [-0.05, 0) is 45.9 Å². The quantitative estimate of drug-likeness (QED) is 0.341. The monoisotopic (exact) mass is 667 g/mol. The number of halogens is 4. The van der Waals surface area contributed by atoms with Crippen LogP contribution in [0.2, 0.25) is 5.15 Å². The number of nitrogens with zero attached hydrogens (tertiary/aromatic N) is 3. The molecule has 1 aromatic carbocycles. The number of anilines is 2. The number of aliphatic hydroxyl groups is 1. The molecule has 4 rings (SSSR count). The van der Waals surface area contributed by atoms with E-state index in [2.05, 4.69) is 33.2 Å². The first-order chi connectivity index (χ1) is 19.8. The van der Waals surface area contributed by atoms with E-state index in [-0.39, 0.29) is 46.4 Å². The lowest BCUT2D eigenvalue weighted by Crippen LogP contribution is -2.44. The van der Waals surface area contributed by atoms with Crippen molar-refractivity contribution in [3.8, 4) is 18.6 Å². The van der Waals surface area contributed by atoms with Crippen molar-refractivity contribution in [1.29, 1.82) is 0 Å². The number of terminal acetylenes is 1. The minimum absolute atomic E-state index is 0.00230. The number of nitrogens with one attached hydrogen (secondary N) is 2. The number of likely N-dealkylation sites (N-methyl/N-ethyl adjacent to an activating group) is 1. The number of alkyl halides is 3. The Hall–Kier alpha value is -3.72. The van der Waals surface area contributed by atoms with Crippen LogP contribution < -0.4 is 19.7 Å². The standard InChI is InChI=1S/C18H16ClF3N4O5S2.C5H11NO2.C2H2/c1-17(2,18(20,21)22)31-16(27)23-10-3-4-12-11(9-10)26(5-7-30-12)33(28,29)14-13(19)24-15-25(14)6-8-32-15;1-5(2,8)4(7)6-3;1-2/h3-4,6,8-9H,5,7H2,1-2H3,(H,23,27);8H,1-3H3,(H,6,7);1-2H. The fourth-order valence-electron chi connectivity index (χ4n) is 3.33. The van der Waals surface area contributed by atoms with Crippen LogP contribution in [0.4, 0.5) is 29.3 Å². The maximum atomic E-state index is 13.5. The number of hydrogen-bond acceptors (Lipinski definition) is 9. The normalized spacial score (nSPS) is 13.3. The molecule has 0 atom stereocenters. The van der Waals surface area contributed by atoms with E-state index in [1.807, 2.05) is 0 Å². The van der Waals surface area contributed by atoms with Crippen molar-refractivity contribution in [1.82, 2.24) is 14.7 Å². The zero-order valence-electron chi connectivity index (χ0n) is 23.5. The van der Waals surface area contributed by atoms with Gasteiger partial charge in [-0.1, -0.05) is 11.6 Å². The van der Waals surface area contributed by atoms with E-state index in [0.717, 1.165) is 4.31 Å². The number of ether oxygens (including phenoxy) is 2. The first kappa shape index (κ1) is 35.5. The number of carbonyl (C=O) groups excluding carboxylic acids is 2. The Bertz CT molecular complexity index is 1600. The minimum atomic E-state index is -4.78. The number of rotatable bonds is 5. The summed E-state index contributed by atoms with van der Waals surface area (Å²) in [6, 6.07) is 3.99. The van der Waals surface area contributed by atoms with E-state index in [1.54, 1.807) is 5.38 Å². The number of carbonyl (C=O) groups is 2. The summed E-state index contributed by atoms with van der Waals surface area (Å²) >= 11 is 7.31. The number of aromatic nitrogens is 2. The van der Waals surface area contributed by atoms with Crippen molar-refractivity contribution < 1.29 is 45.8 Å². The zero-order chi connectivity index (χ0) is 33.0. The van der Waals surface area contributed by atoms with Crippen LogP contribution in [0.25, 0.3) is 4.96 Å². The van der Waals surface area contributed by atoms with Gasteiger partial charge in [0.1, 0.15) is 18.0 Å². The van der Waals surface area contributed by atoms with Crippen molar-refractivity contribution in [2.24, 2.45) is 0 Å². The molecule has 1 aliphatic heterocycles. The van der Waals surface area contributed by atoms with Crippen molar-refractivity contribution in [3.63, 3.8) is 0 Å². The molecule has 3 aromatic rings. The number of imidazole rings is 1. The van der Waals surface area contributed by atoms with E-state index in [4.69, 9.17) is 21.4 Å². The van der Waals surface area contributed by atoms with Gasteiger partial charge in [-0.25, -0.2) is 9.78 Å². The van der Waals surface area contributed by atoms with Gasteiger partial charge in [0, 0.05) is 24.3 Å². The Morgan fingerprint density at radius 2 is 1.84 bits per heavy atom. The summed E-state index contributed by atoms with van der Waals surface area (Å²) < 4.78 is 78.3. The van der Waals surface area contributed by atoms with Gasteiger partial charge in [-0.2, -0.15) is 21.6 Å². The Kier molecular flexibility index (Phi) is 11.0. The van der Waals surface area contributed by atoms with Crippen LogP contribution in [0.15, 0.2) is 34.8 Å². The molecule has 18 heteroatoms. The Balaban J connectivity index is 0.000000561. The fraction of sp³-hybridized carbons (Fsp3) is 0.400. The molecule has 3 N–H and O–H groups in total. The van der Waals surface area contributed by atoms with Crippen LogP contribution in [0.3, 0.4) is 0 Å². The summed E-state index contributed by atoms with van der Waals surface area (Å²) in [4.78, 5) is 26.9. The van der Waals surface area contributed by atoms with Gasteiger partial charge in [0.05, 0.1) is 12.2 Å². The van der Waals surface area contributed by atoms with Crippen LogP contribution in [0.5, 0.6) is 5.75 Å². The topological polar surface area (TPSA) is 152 Å². The smallest absolute Gasteiger partial charge is 0.427 e.